The number of hydrogen-bond acceptors (Lipinski definition) is 3. The minimum atomic E-state index is -0.593. The third-order valence-electron chi connectivity index (χ3n) is 2.17. The number of carbonyl (C=O) groups is 2. The Morgan fingerprint density at radius 3 is 2.72 bits per heavy atom. The van der Waals surface area contributed by atoms with E-state index in [0.29, 0.717) is 11.1 Å². The summed E-state index contributed by atoms with van der Waals surface area (Å²) < 4.78 is 0. The molecule has 0 unspecified atom stereocenters. The van der Waals surface area contributed by atoms with Crippen LogP contribution >= 0.6 is 0 Å². The van der Waals surface area contributed by atoms with Gasteiger partial charge in [-0.05, 0) is 24.6 Å². The molecule has 5 N–H and O–H groups in total. The molecule has 5 nitrogen and oxygen atoms in total. The van der Waals surface area contributed by atoms with Gasteiger partial charge in [-0.2, -0.15) is 0 Å². The lowest BCUT2D eigenvalue weighted by molar-refractivity contribution is -0.117. The van der Waals surface area contributed by atoms with Crippen molar-refractivity contribution in [2.24, 2.45) is 11.5 Å². The minimum absolute atomic E-state index is 0.198. The van der Waals surface area contributed by atoms with Crippen LogP contribution in [0.2, 0.25) is 0 Å². The molecule has 0 fully saturated rings. The Bertz CT molecular complexity index is 527. The number of hydrogen-bond donors (Lipinski definition) is 3. The monoisotopic (exact) mass is 245 g/mol. The first-order valence-electron chi connectivity index (χ1n) is 5.40. The van der Waals surface area contributed by atoms with E-state index in [9.17, 15) is 9.59 Å². The van der Waals surface area contributed by atoms with Gasteiger partial charge in [0.1, 0.15) is 0 Å². The Morgan fingerprint density at radius 2 is 2.11 bits per heavy atom. The zero-order valence-electron chi connectivity index (χ0n) is 10.1. The lowest BCUT2D eigenvalue weighted by atomic mass is 10.0. The Morgan fingerprint density at radius 1 is 1.39 bits per heavy atom. The van der Waals surface area contributed by atoms with Crippen molar-refractivity contribution in [1.29, 1.82) is 0 Å². The van der Waals surface area contributed by atoms with E-state index < -0.39 is 5.91 Å². The normalized spacial score (nSPS) is 9.22. The topological polar surface area (TPSA) is 98.2 Å². The molecule has 0 atom stereocenters. The molecule has 0 saturated heterocycles. The second kappa shape index (κ2) is 6.42. The lowest BCUT2D eigenvalue weighted by Gasteiger charge is -2.06. The van der Waals surface area contributed by atoms with Gasteiger partial charge < -0.3 is 16.8 Å². The molecule has 0 aliphatic rings. The smallest absolute Gasteiger partial charge is 0.252 e. The Labute approximate surface area is 106 Å². The van der Waals surface area contributed by atoms with Crippen LogP contribution in [0.1, 0.15) is 21.5 Å². The molecule has 2 amide bonds. The maximum atomic E-state index is 11.8. The zero-order valence-corrected chi connectivity index (χ0v) is 10.1. The van der Waals surface area contributed by atoms with E-state index in [2.05, 4.69) is 17.2 Å². The maximum Gasteiger partial charge on any atom is 0.252 e. The number of nitrogens with one attached hydrogen (secondary N) is 1. The van der Waals surface area contributed by atoms with Gasteiger partial charge in [-0.3, -0.25) is 9.59 Å². The van der Waals surface area contributed by atoms with Crippen molar-refractivity contribution in [3.05, 3.63) is 34.9 Å². The molecule has 18 heavy (non-hydrogen) atoms. The van der Waals surface area contributed by atoms with Crippen LogP contribution < -0.4 is 16.8 Å². The summed E-state index contributed by atoms with van der Waals surface area (Å²) in [5.74, 6) is 4.56. The second-order valence-electron chi connectivity index (χ2n) is 3.70. The third-order valence-corrected chi connectivity index (χ3v) is 2.17. The van der Waals surface area contributed by atoms with Gasteiger partial charge >= 0.3 is 0 Å². The number of aryl methyl sites for hydroxylation is 1. The fourth-order valence-corrected chi connectivity index (χ4v) is 1.37. The van der Waals surface area contributed by atoms with Gasteiger partial charge in [0, 0.05) is 5.56 Å². The number of primary amides is 1. The van der Waals surface area contributed by atoms with Crippen molar-refractivity contribution >= 4 is 11.8 Å². The van der Waals surface area contributed by atoms with Crippen LogP contribution in [0.25, 0.3) is 0 Å². The number of nitrogens with two attached hydrogens (primary N) is 2. The van der Waals surface area contributed by atoms with Crippen LogP contribution in [0, 0.1) is 18.8 Å². The Kier molecular flexibility index (Phi) is 4.90. The first kappa shape index (κ1) is 13.7. The highest BCUT2D eigenvalue weighted by molar-refractivity contribution is 5.98. The van der Waals surface area contributed by atoms with Gasteiger partial charge in [-0.15, -0.1) is 0 Å². The van der Waals surface area contributed by atoms with E-state index >= 15 is 0 Å². The average molecular weight is 245 g/mol. The van der Waals surface area contributed by atoms with E-state index in [1.165, 1.54) is 0 Å². The number of carbonyl (C=O) groups excluding carboxylic acids is 2. The van der Waals surface area contributed by atoms with Crippen LogP contribution in [0.5, 0.6) is 0 Å². The van der Waals surface area contributed by atoms with Gasteiger partial charge in [0.2, 0.25) is 5.91 Å². The SMILES string of the molecule is Cc1ccc(C(=O)NCC(N)=O)c(C#CCN)c1. The molecule has 0 spiro atoms. The second-order valence-corrected chi connectivity index (χ2v) is 3.70. The minimum Gasteiger partial charge on any atom is -0.368 e. The fourth-order valence-electron chi connectivity index (χ4n) is 1.37. The molecular weight excluding hydrogens is 230 g/mol. The first-order chi connectivity index (χ1) is 8.54. The van der Waals surface area contributed by atoms with Gasteiger partial charge in [0.25, 0.3) is 5.91 Å². The van der Waals surface area contributed by atoms with E-state index in [-0.39, 0.29) is 19.0 Å². The molecule has 0 heterocycles. The van der Waals surface area contributed by atoms with Crippen LogP contribution in [0.4, 0.5) is 0 Å². The van der Waals surface area contributed by atoms with Crippen LogP contribution in [0.3, 0.4) is 0 Å². The number of rotatable bonds is 3. The number of benzene rings is 1. The summed E-state index contributed by atoms with van der Waals surface area (Å²) in [6.45, 7) is 1.92. The maximum absolute atomic E-state index is 11.8. The molecule has 5 heteroatoms. The number of amides is 2. The summed E-state index contributed by atoms with van der Waals surface area (Å²) in [6, 6.07) is 5.25. The first-order valence-corrected chi connectivity index (χ1v) is 5.40. The van der Waals surface area contributed by atoms with Crippen molar-refractivity contribution in [3.63, 3.8) is 0 Å². The standard InChI is InChI=1S/C13H15N3O2/c1-9-4-5-11(10(7-9)3-2-6-14)13(18)16-8-12(15)17/h4-5,7H,6,8,14H2,1H3,(H2,15,17)(H,16,18). The summed E-state index contributed by atoms with van der Waals surface area (Å²) >= 11 is 0. The molecule has 0 bridgehead atoms. The third kappa shape index (κ3) is 3.92. The molecule has 1 rings (SSSR count). The molecule has 0 aliphatic heterocycles. The highest BCUT2D eigenvalue weighted by Gasteiger charge is 2.10. The van der Waals surface area contributed by atoms with Gasteiger partial charge in [0.15, 0.2) is 0 Å². The van der Waals surface area contributed by atoms with Gasteiger partial charge in [0.05, 0.1) is 18.7 Å². The van der Waals surface area contributed by atoms with E-state index in [1.54, 1.807) is 18.2 Å². The summed E-state index contributed by atoms with van der Waals surface area (Å²) in [4.78, 5) is 22.4. The predicted molar refractivity (Wildman–Crippen MR) is 68.6 cm³/mol. The summed E-state index contributed by atoms with van der Waals surface area (Å²) in [5, 5.41) is 2.42. The quantitative estimate of drug-likeness (QED) is 0.627. The lowest BCUT2D eigenvalue weighted by Crippen LogP contribution is -2.33. The predicted octanol–water partition coefficient (Wildman–Crippen LogP) is -0.480. The molecule has 1 aromatic rings. The highest BCUT2D eigenvalue weighted by atomic mass is 16.2. The van der Waals surface area contributed by atoms with Crippen molar-refractivity contribution in [3.8, 4) is 11.8 Å². The van der Waals surface area contributed by atoms with E-state index in [4.69, 9.17) is 11.5 Å². The highest BCUT2D eigenvalue weighted by Crippen LogP contribution is 2.10. The molecule has 0 radical (unpaired) electrons. The van der Waals surface area contributed by atoms with Crippen LogP contribution in [-0.4, -0.2) is 24.9 Å². The van der Waals surface area contributed by atoms with E-state index in [0.717, 1.165) is 5.56 Å². The summed E-state index contributed by atoms with van der Waals surface area (Å²) in [5.41, 5.74) is 12.2. The molecule has 1 aromatic carbocycles. The van der Waals surface area contributed by atoms with Crippen molar-refractivity contribution in [2.75, 3.05) is 13.1 Å². The Hall–Kier alpha value is -2.32. The fraction of sp³-hybridized carbons (Fsp3) is 0.231. The zero-order chi connectivity index (χ0) is 13.5. The summed E-state index contributed by atoms with van der Waals surface area (Å²) in [7, 11) is 0. The van der Waals surface area contributed by atoms with Crippen LogP contribution in [-0.2, 0) is 4.79 Å². The molecular formula is C13H15N3O2. The van der Waals surface area contributed by atoms with Crippen molar-refractivity contribution < 1.29 is 9.59 Å². The molecule has 0 aromatic heterocycles. The molecule has 0 aliphatic carbocycles. The van der Waals surface area contributed by atoms with Crippen LogP contribution in [0.15, 0.2) is 18.2 Å². The van der Waals surface area contributed by atoms with E-state index in [1.807, 2.05) is 6.92 Å². The average Bonchev–Trinajstić information content (AvgIpc) is 2.33. The molecule has 94 valence electrons. The van der Waals surface area contributed by atoms with Gasteiger partial charge in [-0.25, -0.2) is 0 Å². The van der Waals surface area contributed by atoms with Gasteiger partial charge in [-0.1, -0.05) is 17.9 Å². The van der Waals surface area contributed by atoms with Crippen molar-refractivity contribution in [2.45, 2.75) is 6.92 Å². The summed E-state index contributed by atoms with van der Waals surface area (Å²) in [6.07, 6.45) is 0. The van der Waals surface area contributed by atoms with Crippen molar-refractivity contribution in [1.82, 2.24) is 5.32 Å². The molecule has 0 saturated carbocycles. The largest absolute Gasteiger partial charge is 0.368 e. The Balaban J connectivity index is 2.99.